The van der Waals surface area contributed by atoms with Crippen molar-refractivity contribution in [3.63, 3.8) is 0 Å². The van der Waals surface area contributed by atoms with Crippen LogP contribution in [0.25, 0.3) is 0 Å². The van der Waals surface area contributed by atoms with E-state index in [-0.39, 0.29) is 23.1 Å². The summed E-state index contributed by atoms with van der Waals surface area (Å²) in [6.07, 6.45) is 3.81. The Bertz CT molecular complexity index is 700. The predicted octanol–water partition coefficient (Wildman–Crippen LogP) is 2.61. The van der Waals surface area contributed by atoms with Crippen molar-refractivity contribution < 1.29 is 4.79 Å². The lowest BCUT2D eigenvalue weighted by Gasteiger charge is -2.23. The zero-order chi connectivity index (χ0) is 17.1. The molecule has 0 fully saturated rings. The Morgan fingerprint density at radius 3 is 2.83 bits per heavy atom. The van der Waals surface area contributed by atoms with E-state index >= 15 is 0 Å². The molecule has 0 unspecified atom stereocenters. The van der Waals surface area contributed by atoms with Gasteiger partial charge in [0.15, 0.2) is 5.82 Å². The van der Waals surface area contributed by atoms with Gasteiger partial charge in [-0.15, -0.1) is 10.2 Å². The lowest BCUT2D eigenvalue weighted by atomic mass is 10.0. The molecule has 24 heavy (non-hydrogen) atoms. The van der Waals surface area contributed by atoms with Crippen LogP contribution in [0.5, 0.6) is 0 Å². The van der Waals surface area contributed by atoms with Gasteiger partial charge in [-0.25, -0.2) is 4.98 Å². The summed E-state index contributed by atoms with van der Waals surface area (Å²) < 4.78 is 2.15. The van der Waals surface area contributed by atoms with Crippen molar-refractivity contribution in [2.75, 3.05) is 0 Å². The Hall–Kier alpha value is -1.89. The van der Waals surface area contributed by atoms with Crippen LogP contribution in [0.15, 0.2) is 29.4 Å². The third kappa shape index (κ3) is 3.61. The number of thioether (sulfide) groups is 1. The number of aryl methyl sites for hydroxylation is 1. The van der Waals surface area contributed by atoms with Crippen molar-refractivity contribution in [3.8, 4) is 0 Å². The third-order valence-electron chi connectivity index (χ3n) is 4.19. The van der Waals surface area contributed by atoms with Crippen LogP contribution in [-0.4, -0.2) is 30.9 Å². The minimum atomic E-state index is -0.220. The van der Waals surface area contributed by atoms with E-state index in [2.05, 4.69) is 38.9 Å². The third-order valence-corrected chi connectivity index (χ3v) is 5.24. The van der Waals surface area contributed by atoms with Gasteiger partial charge in [0.2, 0.25) is 5.91 Å². The van der Waals surface area contributed by atoms with Gasteiger partial charge in [-0.05, 0) is 31.4 Å². The Morgan fingerprint density at radius 2 is 2.12 bits per heavy atom. The molecule has 7 heteroatoms. The van der Waals surface area contributed by atoms with Crippen LogP contribution < -0.4 is 5.32 Å². The first kappa shape index (κ1) is 17.0. The molecule has 1 N–H and O–H groups in total. The van der Waals surface area contributed by atoms with E-state index in [1.807, 2.05) is 25.1 Å². The highest BCUT2D eigenvalue weighted by molar-refractivity contribution is 8.00. The number of hydrogen-bond acceptors (Lipinski definition) is 5. The number of pyridine rings is 1. The van der Waals surface area contributed by atoms with Gasteiger partial charge in [0.25, 0.3) is 0 Å². The van der Waals surface area contributed by atoms with E-state index in [4.69, 9.17) is 0 Å². The van der Waals surface area contributed by atoms with Crippen molar-refractivity contribution in [2.24, 2.45) is 5.92 Å². The molecule has 0 saturated heterocycles. The predicted molar refractivity (Wildman–Crippen MR) is 93.6 cm³/mol. The maximum absolute atomic E-state index is 12.6. The number of rotatable bonds is 6. The van der Waals surface area contributed by atoms with E-state index in [0.29, 0.717) is 0 Å². The highest BCUT2D eigenvalue weighted by atomic mass is 32.2. The standard InChI is InChI=1S/C17H23N5OS/c1-11(2)15(16-21-20-13-7-6-10-22(13)16)19-17(23)12(3)24-14-8-4-5-9-18-14/h4-5,8-9,11-12,15H,6-7,10H2,1-3H3,(H,19,23)/t12-,15+/m1/s1. The quantitative estimate of drug-likeness (QED) is 0.815. The van der Waals surface area contributed by atoms with E-state index in [1.54, 1.807) is 6.20 Å². The highest BCUT2D eigenvalue weighted by Crippen LogP contribution is 2.26. The number of nitrogens with one attached hydrogen (secondary N) is 1. The summed E-state index contributed by atoms with van der Waals surface area (Å²) >= 11 is 1.46. The van der Waals surface area contributed by atoms with Crippen molar-refractivity contribution in [1.82, 2.24) is 25.1 Å². The Morgan fingerprint density at radius 1 is 1.29 bits per heavy atom. The molecule has 1 aliphatic rings. The molecule has 128 valence electrons. The van der Waals surface area contributed by atoms with Crippen molar-refractivity contribution in [3.05, 3.63) is 36.0 Å². The molecule has 0 aliphatic carbocycles. The molecule has 6 nitrogen and oxygen atoms in total. The largest absolute Gasteiger partial charge is 0.345 e. The summed E-state index contributed by atoms with van der Waals surface area (Å²) in [6, 6.07) is 5.59. The molecule has 1 aliphatic heterocycles. The van der Waals surface area contributed by atoms with Crippen molar-refractivity contribution >= 4 is 17.7 Å². The summed E-state index contributed by atoms with van der Waals surface area (Å²) in [5, 5.41) is 12.4. The van der Waals surface area contributed by atoms with Crippen molar-refractivity contribution in [1.29, 1.82) is 0 Å². The number of fused-ring (bicyclic) bond motifs is 1. The Labute approximate surface area is 146 Å². The number of amides is 1. The first-order chi connectivity index (χ1) is 11.6. The molecule has 1 amide bonds. The number of carbonyl (C=O) groups is 1. The average Bonchev–Trinajstić information content (AvgIpc) is 3.16. The normalized spacial score (nSPS) is 16.0. The summed E-state index contributed by atoms with van der Waals surface area (Å²) in [7, 11) is 0. The first-order valence-electron chi connectivity index (χ1n) is 8.36. The van der Waals surface area contributed by atoms with Crippen LogP contribution in [0.2, 0.25) is 0 Å². The Balaban J connectivity index is 1.70. The van der Waals surface area contributed by atoms with Gasteiger partial charge in [-0.1, -0.05) is 31.7 Å². The topological polar surface area (TPSA) is 72.7 Å². The first-order valence-corrected chi connectivity index (χ1v) is 9.24. The smallest absolute Gasteiger partial charge is 0.233 e. The van der Waals surface area contributed by atoms with Crippen LogP contribution >= 0.6 is 11.8 Å². The lowest BCUT2D eigenvalue weighted by molar-refractivity contribution is -0.121. The highest BCUT2D eigenvalue weighted by Gasteiger charge is 2.29. The van der Waals surface area contributed by atoms with Crippen LogP contribution in [0.1, 0.15) is 44.9 Å². The molecule has 0 bridgehead atoms. The van der Waals surface area contributed by atoms with Crippen molar-refractivity contribution in [2.45, 2.75) is 56.5 Å². The summed E-state index contributed by atoms with van der Waals surface area (Å²) in [4.78, 5) is 16.9. The van der Waals surface area contributed by atoms with E-state index in [1.165, 1.54) is 11.8 Å². The van der Waals surface area contributed by atoms with Crippen LogP contribution in [-0.2, 0) is 17.8 Å². The fraction of sp³-hybridized carbons (Fsp3) is 0.529. The molecule has 0 saturated carbocycles. The van der Waals surface area contributed by atoms with Gasteiger partial charge in [0.1, 0.15) is 5.82 Å². The van der Waals surface area contributed by atoms with E-state index in [9.17, 15) is 4.79 Å². The maximum Gasteiger partial charge on any atom is 0.233 e. The SMILES string of the molecule is CC(C)[C@H](NC(=O)[C@@H](C)Sc1ccccn1)c1nnc2n1CCC2. The molecule has 0 radical (unpaired) electrons. The fourth-order valence-electron chi connectivity index (χ4n) is 2.85. The van der Waals surface area contributed by atoms with Gasteiger partial charge >= 0.3 is 0 Å². The minimum Gasteiger partial charge on any atom is -0.345 e. The zero-order valence-corrected chi connectivity index (χ0v) is 15.1. The second-order valence-corrected chi connectivity index (χ2v) is 7.75. The number of carbonyl (C=O) groups excluding carboxylic acids is 1. The van der Waals surface area contributed by atoms with Crippen LogP contribution in [0.3, 0.4) is 0 Å². The summed E-state index contributed by atoms with van der Waals surface area (Å²) in [5.41, 5.74) is 0. The molecular weight excluding hydrogens is 322 g/mol. The fourth-order valence-corrected chi connectivity index (χ4v) is 3.67. The van der Waals surface area contributed by atoms with Gasteiger partial charge < -0.3 is 9.88 Å². The zero-order valence-electron chi connectivity index (χ0n) is 14.3. The van der Waals surface area contributed by atoms with Gasteiger partial charge in [0.05, 0.1) is 16.3 Å². The van der Waals surface area contributed by atoms with Gasteiger partial charge in [-0.3, -0.25) is 4.79 Å². The van der Waals surface area contributed by atoms with Crippen LogP contribution in [0, 0.1) is 5.92 Å². The molecule has 2 aromatic rings. The summed E-state index contributed by atoms with van der Waals surface area (Å²) in [6.45, 7) is 7.03. The molecule has 0 aromatic carbocycles. The van der Waals surface area contributed by atoms with E-state index in [0.717, 1.165) is 36.1 Å². The lowest BCUT2D eigenvalue weighted by Crippen LogP contribution is -2.38. The molecule has 2 atom stereocenters. The summed E-state index contributed by atoms with van der Waals surface area (Å²) in [5.74, 6) is 2.15. The van der Waals surface area contributed by atoms with Gasteiger partial charge in [0, 0.05) is 19.2 Å². The molecule has 3 rings (SSSR count). The Kier molecular flexibility index (Phi) is 5.18. The molecule has 3 heterocycles. The van der Waals surface area contributed by atoms with E-state index < -0.39 is 0 Å². The minimum absolute atomic E-state index is 0.000278. The molecule has 2 aromatic heterocycles. The van der Waals surface area contributed by atoms with Crippen LogP contribution in [0.4, 0.5) is 0 Å². The second kappa shape index (κ2) is 7.34. The monoisotopic (exact) mass is 345 g/mol. The number of hydrogen-bond donors (Lipinski definition) is 1. The maximum atomic E-state index is 12.6. The second-order valence-electron chi connectivity index (χ2n) is 6.39. The number of aromatic nitrogens is 4. The average molecular weight is 345 g/mol. The number of nitrogens with zero attached hydrogens (tertiary/aromatic N) is 4. The van der Waals surface area contributed by atoms with Gasteiger partial charge in [-0.2, -0.15) is 0 Å². The molecular formula is C17H23N5OS. The molecule has 0 spiro atoms.